The van der Waals surface area contributed by atoms with Crippen molar-refractivity contribution < 1.29 is 18.3 Å². The number of hydrogen-bond donors (Lipinski definition) is 1. The van der Waals surface area contributed by atoms with Gasteiger partial charge in [-0.3, -0.25) is 4.98 Å². The van der Waals surface area contributed by atoms with Crippen LogP contribution in [0.25, 0.3) is 0 Å². The van der Waals surface area contributed by atoms with E-state index < -0.39 is 13.0 Å². The summed E-state index contributed by atoms with van der Waals surface area (Å²) in [6, 6.07) is 3.11. The molecule has 1 atom stereocenters. The molecule has 0 amide bonds. The van der Waals surface area contributed by atoms with Crippen LogP contribution in [0.2, 0.25) is 0 Å². The number of ether oxygens (including phenoxy) is 2. The molecule has 4 nitrogen and oxygen atoms in total. The molecule has 1 aromatic rings. The maximum Gasteiger partial charge on any atom is 0.261 e. The molecule has 17 heavy (non-hydrogen) atoms. The van der Waals surface area contributed by atoms with Crippen LogP contribution in [0.4, 0.5) is 8.78 Å². The van der Waals surface area contributed by atoms with Gasteiger partial charge in [0, 0.05) is 12.8 Å². The first-order valence-corrected chi connectivity index (χ1v) is 5.25. The Hall–Kier alpha value is -1.27. The normalized spacial score (nSPS) is 12.8. The van der Waals surface area contributed by atoms with Crippen LogP contribution < -0.4 is 10.5 Å². The highest BCUT2D eigenvalue weighted by Crippen LogP contribution is 2.22. The van der Waals surface area contributed by atoms with E-state index in [0.717, 1.165) is 0 Å². The van der Waals surface area contributed by atoms with E-state index in [1.165, 1.54) is 7.11 Å². The Labute approximate surface area is 98.7 Å². The van der Waals surface area contributed by atoms with E-state index in [1.54, 1.807) is 18.3 Å². The minimum Gasteiger partial charge on any atom is -0.495 e. The molecule has 1 rings (SSSR count). The molecule has 2 N–H and O–H groups in total. The zero-order valence-electron chi connectivity index (χ0n) is 9.61. The van der Waals surface area contributed by atoms with Crippen molar-refractivity contribution in [1.82, 2.24) is 4.98 Å². The Bertz CT molecular complexity index is 337. The number of methoxy groups -OCH3 is 1. The summed E-state index contributed by atoms with van der Waals surface area (Å²) in [5, 5.41) is 0. The number of nitrogens with two attached hydrogens (primary N) is 1. The minimum atomic E-state index is -2.45. The molecular weight excluding hydrogens is 230 g/mol. The Morgan fingerprint density at radius 1 is 1.47 bits per heavy atom. The first kappa shape index (κ1) is 13.8. The maximum absolute atomic E-state index is 11.8. The smallest absolute Gasteiger partial charge is 0.261 e. The summed E-state index contributed by atoms with van der Waals surface area (Å²) in [5.41, 5.74) is 6.49. The van der Waals surface area contributed by atoms with Crippen LogP contribution in [0, 0.1) is 0 Å². The van der Waals surface area contributed by atoms with E-state index in [2.05, 4.69) is 4.98 Å². The molecule has 0 aliphatic rings. The Kier molecular flexibility index (Phi) is 5.79. The molecule has 0 saturated heterocycles. The lowest BCUT2D eigenvalue weighted by Gasteiger charge is -2.14. The van der Waals surface area contributed by atoms with Crippen molar-refractivity contribution in [3.05, 3.63) is 24.0 Å². The molecule has 0 radical (unpaired) electrons. The fourth-order valence-corrected chi connectivity index (χ4v) is 1.37. The highest BCUT2D eigenvalue weighted by molar-refractivity contribution is 5.29. The molecule has 0 bridgehead atoms. The number of nitrogens with zero attached hydrogens (tertiary/aromatic N) is 1. The summed E-state index contributed by atoms with van der Waals surface area (Å²) in [6.45, 7) is -0.392. The highest BCUT2D eigenvalue weighted by Gasteiger charge is 2.13. The predicted molar refractivity (Wildman–Crippen MR) is 59.2 cm³/mol. The average molecular weight is 246 g/mol. The highest BCUT2D eigenvalue weighted by atomic mass is 19.3. The Morgan fingerprint density at radius 3 is 2.88 bits per heavy atom. The third-order valence-corrected chi connectivity index (χ3v) is 2.19. The van der Waals surface area contributed by atoms with Crippen molar-refractivity contribution in [3.8, 4) is 5.75 Å². The SMILES string of the molecule is COc1cccnc1C(N)CCOCC(F)F. The van der Waals surface area contributed by atoms with Gasteiger partial charge in [0.15, 0.2) is 0 Å². The van der Waals surface area contributed by atoms with Crippen LogP contribution in [-0.4, -0.2) is 31.7 Å². The van der Waals surface area contributed by atoms with Gasteiger partial charge in [0.2, 0.25) is 0 Å². The van der Waals surface area contributed by atoms with Gasteiger partial charge in [0.05, 0.1) is 18.8 Å². The van der Waals surface area contributed by atoms with Crippen LogP contribution in [0.15, 0.2) is 18.3 Å². The molecule has 1 heterocycles. The summed E-state index contributed by atoms with van der Waals surface area (Å²) >= 11 is 0. The molecule has 0 saturated carbocycles. The van der Waals surface area contributed by atoms with Crippen molar-refractivity contribution in [1.29, 1.82) is 0 Å². The van der Waals surface area contributed by atoms with Gasteiger partial charge in [-0.2, -0.15) is 0 Å². The summed E-state index contributed by atoms with van der Waals surface area (Å²) in [5.74, 6) is 0.592. The first-order chi connectivity index (χ1) is 8.15. The second-order valence-electron chi connectivity index (χ2n) is 3.45. The van der Waals surface area contributed by atoms with Crippen molar-refractivity contribution in [2.45, 2.75) is 18.9 Å². The molecule has 1 unspecified atom stereocenters. The van der Waals surface area contributed by atoms with E-state index >= 15 is 0 Å². The van der Waals surface area contributed by atoms with Crippen LogP contribution in [0.1, 0.15) is 18.2 Å². The zero-order chi connectivity index (χ0) is 12.7. The van der Waals surface area contributed by atoms with E-state index in [1.807, 2.05) is 0 Å². The summed E-state index contributed by atoms with van der Waals surface area (Å²) in [6.07, 6.45) is -0.423. The van der Waals surface area contributed by atoms with Crippen LogP contribution in [0.5, 0.6) is 5.75 Å². The quantitative estimate of drug-likeness (QED) is 0.745. The number of halogens is 2. The lowest BCUT2D eigenvalue weighted by atomic mass is 10.1. The van der Waals surface area contributed by atoms with Gasteiger partial charge in [-0.15, -0.1) is 0 Å². The fourth-order valence-electron chi connectivity index (χ4n) is 1.37. The van der Waals surface area contributed by atoms with Gasteiger partial charge in [0.1, 0.15) is 12.4 Å². The van der Waals surface area contributed by atoms with Gasteiger partial charge in [-0.25, -0.2) is 8.78 Å². The van der Waals surface area contributed by atoms with Crippen molar-refractivity contribution in [2.75, 3.05) is 20.3 Å². The average Bonchev–Trinajstić information content (AvgIpc) is 2.34. The van der Waals surface area contributed by atoms with E-state index in [-0.39, 0.29) is 12.6 Å². The summed E-state index contributed by atoms with van der Waals surface area (Å²) in [4.78, 5) is 4.11. The number of pyridine rings is 1. The molecule has 0 aliphatic heterocycles. The third kappa shape index (κ3) is 4.62. The zero-order valence-corrected chi connectivity index (χ0v) is 9.61. The van der Waals surface area contributed by atoms with E-state index in [9.17, 15) is 8.78 Å². The maximum atomic E-state index is 11.8. The Morgan fingerprint density at radius 2 is 2.24 bits per heavy atom. The molecule has 0 aromatic carbocycles. The fraction of sp³-hybridized carbons (Fsp3) is 0.545. The third-order valence-electron chi connectivity index (χ3n) is 2.19. The van der Waals surface area contributed by atoms with Crippen LogP contribution in [0.3, 0.4) is 0 Å². The van der Waals surface area contributed by atoms with Crippen LogP contribution >= 0.6 is 0 Å². The standard InChI is InChI=1S/C11H16F2N2O2/c1-16-9-3-2-5-15-11(9)8(14)4-6-17-7-10(12)13/h2-3,5,8,10H,4,6-7,14H2,1H3. The van der Waals surface area contributed by atoms with Gasteiger partial charge < -0.3 is 15.2 Å². The largest absolute Gasteiger partial charge is 0.495 e. The van der Waals surface area contributed by atoms with Crippen molar-refractivity contribution >= 4 is 0 Å². The Balaban J connectivity index is 2.43. The molecule has 96 valence electrons. The first-order valence-electron chi connectivity index (χ1n) is 5.25. The molecule has 0 spiro atoms. The molecule has 0 aliphatic carbocycles. The number of alkyl halides is 2. The van der Waals surface area contributed by atoms with Gasteiger partial charge in [0.25, 0.3) is 6.43 Å². The predicted octanol–water partition coefficient (Wildman–Crippen LogP) is 1.76. The molecule has 6 heteroatoms. The van der Waals surface area contributed by atoms with Crippen LogP contribution in [-0.2, 0) is 4.74 Å². The van der Waals surface area contributed by atoms with Gasteiger partial charge >= 0.3 is 0 Å². The molecular formula is C11H16F2N2O2. The lowest BCUT2D eigenvalue weighted by molar-refractivity contribution is 0.0151. The van der Waals surface area contributed by atoms with E-state index in [4.69, 9.17) is 15.2 Å². The topological polar surface area (TPSA) is 57.4 Å². The van der Waals surface area contributed by atoms with Gasteiger partial charge in [-0.05, 0) is 18.6 Å². The number of rotatable bonds is 7. The van der Waals surface area contributed by atoms with Gasteiger partial charge in [-0.1, -0.05) is 0 Å². The summed E-state index contributed by atoms with van der Waals surface area (Å²) < 4.78 is 33.5. The monoisotopic (exact) mass is 246 g/mol. The van der Waals surface area contributed by atoms with Crippen molar-refractivity contribution in [2.24, 2.45) is 5.73 Å². The molecule has 1 aromatic heterocycles. The summed E-state index contributed by atoms with van der Waals surface area (Å²) in [7, 11) is 1.53. The van der Waals surface area contributed by atoms with E-state index in [0.29, 0.717) is 17.9 Å². The lowest BCUT2D eigenvalue weighted by Crippen LogP contribution is -2.16. The number of aromatic nitrogens is 1. The number of hydrogen-bond acceptors (Lipinski definition) is 4. The molecule has 0 fully saturated rings. The van der Waals surface area contributed by atoms with Crippen molar-refractivity contribution in [3.63, 3.8) is 0 Å². The minimum absolute atomic E-state index is 0.172. The second kappa shape index (κ2) is 7.13. The second-order valence-corrected chi connectivity index (χ2v) is 3.45.